The molecule has 19 heavy (non-hydrogen) atoms. The summed E-state index contributed by atoms with van der Waals surface area (Å²) >= 11 is 0. The largest absolute Gasteiger partial charge is 0.493 e. The summed E-state index contributed by atoms with van der Waals surface area (Å²) in [5.41, 5.74) is 0.559. The van der Waals surface area contributed by atoms with E-state index in [1.54, 1.807) is 32.4 Å². The Morgan fingerprint density at radius 2 is 1.84 bits per heavy atom. The SMILES string of the molecule is CCNCCNC(=O)c1ccc(OC)c(OC)c1.Cl. The molecule has 0 aromatic heterocycles. The molecular formula is C13H21ClN2O3. The lowest BCUT2D eigenvalue weighted by molar-refractivity contribution is 0.0953. The third-order valence-electron chi connectivity index (χ3n) is 2.48. The molecule has 0 atom stereocenters. The van der Waals surface area contributed by atoms with Gasteiger partial charge in [0.15, 0.2) is 11.5 Å². The van der Waals surface area contributed by atoms with Gasteiger partial charge in [-0.05, 0) is 24.7 Å². The van der Waals surface area contributed by atoms with Gasteiger partial charge in [-0.2, -0.15) is 0 Å². The van der Waals surface area contributed by atoms with E-state index in [9.17, 15) is 4.79 Å². The number of hydrogen-bond acceptors (Lipinski definition) is 4. The summed E-state index contributed by atoms with van der Waals surface area (Å²) in [5.74, 6) is 1.05. The molecule has 0 radical (unpaired) electrons. The summed E-state index contributed by atoms with van der Waals surface area (Å²) in [7, 11) is 3.11. The Bertz CT molecular complexity index is 399. The number of hydrogen-bond donors (Lipinski definition) is 2. The van der Waals surface area contributed by atoms with Crippen molar-refractivity contribution in [3.63, 3.8) is 0 Å². The Hall–Kier alpha value is -1.46. The highest BCUT2D eigenvalue weighted by Gasteiger charge is 2.09. The monoisotopic (exact) mass is 288 g/mol. The molecular weight excluding hydrogens is 268 g/mol. The van der Waals surface area contributed by atoms with Gasteiger partial charge in [0.2, 0.25) is 0 Å². The van der Waals surface area contributed by atoms with Gasteiger partial charge < -0.3 is 20.1 Å². The lowest BCUT2D eigenvalue weighted by atomic mass is 10.2. The predicted octanol–water partition coefficient (Wildman–Crippen LogP) is 1.46. The minimum absolute atomic E-state index is 0. The maximum Gasteiger partial charge on any atom is 0.251 e. The molecule has 0 heterocycles. The van der Waals surface area contributed by atoms with Crippen molar-refractivity contribution in [3.8, 4) is 11.5 Å². The Labute approximate surface area is 120 Å². The van der Waals surface area contributed by atoms with Crippen molar-refractivity contribution in [2.24, 2.45) is 0 Å². The van der Waals surface area contributed by atoms with E-state index >= 15 is 0 Å². The smallest absolute Gasteiger partial charge is 0.251 e. The van der Waals surface area contributed by atoms with Crippen molar-refractivity contribution < 1.29 is 14.3 Å². The minimum Gasteiger partial charge on any atom is -0.493 e. The highest BCUT2D eigenvalue weighted by molar-refractivity contribution is 5.94. The molecule has 1 aromatic carbocycles. The molecule has 0 saturated heterocycles. The van der Waals surface area contributed by atoms with Crippen LogP contribution in [0.15, 0.2) is 18.2 Å². The standard InChI is InChI=1S/C13H20N2O3.ClH/c1-4-14-7-8-15-13(16)10-5-6-11(17-2)12(9-10)18-3;/h5-6,9,14H,4,7-8H2,1-3H3,(H,15,16);1H. The third kappa shape index (κ3) is 5.36. The topological polar surface area (TPSA) is 59.6 Å². The Kier molecular flexibility index (Phi) is 8.74. The summed E-state index contributed by atoms with van der Waals surface area (Å²) in [5, 5.41) is 5.96. The maximum absolute atomic E-state index is 11.8. The van der Waals surface area contributed by atoms with Crippen molar-refractivity contribution in [3.05, 3.63) is 23.8 Å². The first-order valence-electron chi connectivity index (χ1n) is 5.93. The molecule has 0 saturated carbocycles. The Balaban J connectivity index is 0.00000324. The van der Waals surface area contributed by atoms with Crippen LogP contribution in [0.2, 0.25) is 0 Å². The fourth-order valence-corrected chi connectivity index (χ4v) is 1.52. The zero-order valence-electron chi connectivity index (χ0n) is 11.5. The Morgan fingerprint density at radius 3 is 2.42 bits per heavy atom. The van der Waals surface area contributed by atoms with E-state index in [0.717, 1.165) is 13.1 Å². The molecule has 0 aliphatic heterocycles. The average Bonchev–Trinajstić information content (AvgIpc) is 2.42. The summed E-state index contributed by atoms with van der Waals surface area (Å²) < 4.78 is 10.3. The van der Waals surface area contributed by atoms with Gasteiger partial charge >= 0.3 is 0 Å². The van der Waals surface area contributed by atoms with Gasteiger partial charge in [0, 0.05) is 18.7 Å². The fourth-order valence-electron chi connectivity index (χ4n) is 1.52. The van der Waals surface area contributed by atoms with E-state index in [2.05, 4.69) is 10.6 Å². The number of benzene rings is 1. The number of likely N-dealkylation sites (N-methyl/N-ethyl adjacent to an activating group) is 1. The second-order valence-corrected chi connectivity index (χ2v) is 3.68. The molecule has 0 aliphatic carbocycles. The van der Waals surface area contributed by atoms with Crippen molar-refractivity contribution >= 4 is 18.3 Å². The van der Waals surface area contributed by atoms with Gasteiger partial charge in [0.25, 0.3) is 5.91 Å². The van der Waals surface area contributed by atoms with E-state index in [0.29, 0.717) is 23.6 Å². The summed E-state index contributed by atoms with van der Waals surface area (Å²) in [4.78, 5) is 11.8. The molecule has 2 N–H and O–H groups in total. The van der Waals surface area contributed by atoms with Crippen LogP contribution in [0.3, 0.4) is 0 Å². The van der Waals surface area contributed by atoms with Crippen LogP contribution in [0.4, 0.5) is 0 Å². The molecule has 6 heteroatoms. The van der Waals surface area contributed by atoms with Gasteiger partial charge in [-0.3, -0.25) is 4.79 Å². The highest BCUT2D eigenvalue weighted by Crippen LogP contribution is 2.27. The van der Waals surface area contributed by atoms with Gasteiger partial charge in [-0.1, -0.05) is 6.92 Å². The van der Waals surface area contributed by atoms with Gasteiger partial charge in [0.1, 0.15) is 0 Å². The van der Waals surface area contributed by atoms with E-state index in [1.807, 2.05) is 6.92 Å². The number of halogens is 1. The number of methoxy groups -OCH3 is 2. The number of carbonyl (C=O) groups is 1. The van der Waals surface area contributed by atoms with Crippen LogP contribution in [-0.4, -0.2) is 39.8 Å². The van der Waals surface area contributed by atoms with Crippen molar-refractivity contribution in [1.82, 2.24) is 10.6 Å². The predicted molar refractivity (Wildman–Crippen MR) is 77.7 cm³/mol. The first-order valence-corrected chi connectivity index (χ1v) is 5.93. The molecule has 0 bridgehead atoms. The number of rotatable bonds is 7. The first kappa shape index (κ1) is 17.5. The van der Waals surface area contributed by atoms with Crippen molar-refractivity contribution in [2.45, 2.75) is 6.92 Å². The lowest BCUT2D eigenvalue weighted by Crippen LogP contribution is -2.31. The normalized spacial score (nSPS) is 9.42. The van der Waals surface area contributed by atoms with Crippen LogP contribution in [-0.2, 0) is 0 Å². The van der Waals surface area contributed by atoms with Crippen LogP contribution in [0.25, 0.3) is 0 Å². The molecule has 5 nitrogen and oxygen atoms in total. The van der Waals surface area contributed by atoms with Crippen LogP contribution in [0, 0.1) is 0 Å². The van der Waals surface area contributed by atoms with Crippen molar-refractivity contribution in [1.29, 1.82) is 0 Å². The zero-order valence-corrected chi connectivity index (χ0v) is 12.3. The van der Waals surface area contributed by atoms with Gasteiger partial charge in [-0.15, -0.1) is 12.4 Å². The van der Waals surface area contributed by atoms with Gasteiger partial charge in [-0.25, -0.2) is 0 Å². The first-order chi connectivity index (χ1) is 8.72. The van der Waals surface area contributed by atoms with E-state index in [1.165, 1.54) is 0 Å². The second kappa shape index (κ2) is 9.47. The zero-order chi connectivity index (χ0) is 13.4. The lowest BCUT2D eigenvalue weighted by Gasteiger charge is -2.10. The molecule has 0 spiro atoms. The summed E-state index contributed by atoms with van der Waals surface area (Å²) in [6.45, 7) is 4.28. The van der Waals surface area contributed by atoms with Crippen LogP contribution in [0.5, 0.6) is 11.5 Å². The average molecular weight is 289 g/mol. The fraction of sp³-hybridized carbons (Fsp3) is 0.462. The molecule has 0 aliphatic rings. The van der Waals surface area contributed by atoms with E-state index in [4.69, 9.17) is 9.47 Å². The second-order valence-electron chi connectivity index (χ2n) is 3.68. The molecule has 1 amide bonds. The quantitative estimate of drug-likeness (QED) is 0.746. The summed E-state index contributed by atoms with van der Waals surface area (Å²) in [6.07, 6.45) is 0. The molecule has 1 rings (SSSR count). The number of amides is 1. The maximum atomic E-state index is 11.8. The molecule has 0 fully saturated rings. The van der Waals surface area contributed by atoms with E-state index in [-0.39, 0.29) is 18.3 Å². The van der Waals surface area contributed by atoms with Crippen LogP contribution < -0.4 is 20.1 Å². The number of carbonyl (C=O) groups excluding carboxylic acids is 1. The van der Waals surface area contributed by atoms with Crippen LogP contribution in [0.1, 0.15) is 17.3 Å². The number of nitrogens with one attached hydrogen (secondary N) is 2. The minimum atomic E-state index is -0.117. The molecule has 1 aromatic rings. The number of ether oxygens (including phenoxy) is 2. The Morgan fingerprint density at radius 1 is 1.16 bits per heavy atom. The van der Waals surface area contributed by atoms with Gasteiger partial charge in [0.05, 0.1) is 14.2 Å². The third-order valence-corrected chi connectivity index (χ3v) is 2.48. The van der Waals surface area contributed by atoms with Crippen molar-refractivity contribution in [2.75, 3.05) is 33.9 Å². The molecule has 0 unspecified atom stereocenters. The van der Waals surface area contributed by atoms with Crippen LogP contribution >= 0.6 is 12.4 Å². The van der Waals surface area contributed by atoms with E-state index < -0.39 is 0 Å². The highest BCUT2D eigenvalue weighted by atomic mass is 35.5. The molecule has 108 valence electrons. The summed E-state index contributed by atoms with van der Waals surface area (Å²) in [6, 6.07) is 5.10.